The quantitative estimate of drug-likeness (QED) is 0.148. The van der Waals surface area contributed by atoms with E-state index in [0.29, 0.717) is 38.5 Å². The van der Waals surface area contributed by atoms with E-state index < -0.39 is 18.3 Å². The summed E-state index contributed by atoms with van der Waals surface area (Å²) in [5.74, 6) is -0.401. The van der Waals surface area contributed by atoms with Crippen LogP contribution in [0, 0.1) is 11.8 Å². The predicted octanol–water partition coefficient (Wildman–Crippen LogP) is 3.42. The van der Waals surface area contributed by atoms with Gasteiger partial charge in [0.05, 0.1) is 34.0 Å². The number of aliphatic hydroxyl groups excluding tert-OH is 4. The molecule has 2 rings (SSSR count). The maximum absolute atomic E-state index is 11.5. The molecule has 1 aliphatic carbocycles. The third-order valence-electron chi connectivity index (χ3n) is 5.91. The van der Waals surface area contributed by atoms with Crippen LogP contribution in [0.5, 0.6) is 0 Å². The first-order valence-electron chi connectivity index (χ1n) is 11.2. The molecule has 182 valence electrons. The van der Waals surface area contributed by atoms with E-state index in [1.165, 1.54) is 11.8 Å². The van der Waals surface area contributed by atoms with Crippen molar-refractivity contribution in [2.24, 2.45) is 11.8 Å². The van der Waals surface area contributed by atoms with Crippen molar-refractivity contribution in [1.29, 1.82) is 0 Å². The zero-order valence-corrected chi connectivity index (χ0v) is 20.5. The van der Waals surface area contributed by atoms with Gasteiger partial charge in [0, 0.05) is 25.3 Å². The predicted molar refractivity (Wildman–Crippen MR) is 130 cm³/mol. The maximum Gasteiger partial charge on any atom is 0.220 e. The molecule has 0 saturated heterocycles. The van der Waals surface area contributed by atoms with E-state index in [4.69, 9.17) is 28.3 Å². The first-order valence-corrected chi connectivity index (χ1v) is 12.9. The average Bonchev–Trinajstić information content (AvgIpc) is 3.21. The second-order valence-corrected chi connectivity index (χ2v) is 11.0. The number of unbranched alkanes of at least 4 members (excludes halogenated alkanes) is 1. The Morgan fingerprint density at radius 3 is 2.75 bits per heavy atom. The third kappa shape index (κ3) is 9.37. The molecular weight excluding hydrogens is 473 g/mol. The van der Waals surface area contributed by atoms with Crippen LogP contribution in [0.4, 0.5) is 0 Å². The third-order valence-corrected chi connectivity index (χ3v) is 7.79. The van der Waals surface area contributed by atoms with Crippen LogP contribution in [-0.2, 0) is 4.79 Å². The van der Waals surface area contributed by atoms with Crippen molar-refractivity contribution < 1.29 is 25.2 Å². The summed E-state index contributed by atoms with van der Waals surface area (Å²) in [6.07, 6.45) is 10.4. The van der Waals surface area contributed by atoms with E-state index in [1.54, 1.807) is 6.08 Å². The Hall–Kier alpha value is -0.540. The van der Waals surface area contributed by atoms with Gasteiger partial charge in [0.1, 0.15) is 0 Å². The minimum Gasteiger partial charge on any atom is -0.395 e. The molecular formula is C23H35Cl2NO5S. The van der Waals surface area contributed by atoms with Gasteiger partial charge in [-0.2, -0.15) is 0 Å². The molecule has 6 nitrogen and oxygen atoms in total. The van der Waals surface area contributed by atoms with Crippen molar-refractivity contribution in [3.8, 4) is 0 Å². The SMILES string of the molecule is O=C(CCC/C=C\C[C@@H]1[C@@H](/C=C/[C@@H](O)CCC2=C(Cl)SC(Cl)C2)[C@H](O)C[C@@H]1O)NCCO. The number of amides is 1. The summed E-state index contributed by atoms with van der Waals surface area (Å²) in [5.41, 5.74) is 1.08. The van der Waals surface area contributed by atoms with Crippen LogP contribution in [0.15, 0.2) is 34.2 Å². The van der Waals surface area contributed by atoms with Crippen LogP contribution in [0.1, 0.15) is 51.4 Å². The summed E-state index contributed by atoms with van der Waals surface area (Å²) >= 11 is 13.7. The molecule has 0 radical (unpaired) electrons. The first kappa shape index (κ1) is 27.7. The molecule has 0 aromatic carbocycles. The van der Waals surface area contributed by atoms with Gasteiger partial charge in [0.2, 0.25) is 5.91 Å². The number of aliphatic hydroxyl groups is 4. The number of hydrogen-bond donors (Lipinski definition) is 5. The molecule has 5 N–H and O–H groups in total. The number of carbonyl (C=O) groups is 1. The lowest BCUT2D eigenvalue weighted by atomic mass is 9.89. The molecule has 1 unspecified atom stereocenters. The number of thioether (sulfide) groups is 1. The van der Waals surface area contributed by atoms with Crippen molar-refractivity contribution in [2.75, 3.05) is 13.2 Å². The van der Waals surface area contributed by atoms with E-state index in [9.17, 15) is 20.1 Å². The number of nitrogens with one attached hydrogen (secondary N) is 1. The minimum absolute atomic E-state index is 0.0301. The lowest BCUT2D eigenvalue weighted by Gasteiger charge is -2.19. The number of alkyl halides is 1. The summed E-state index contributed by atoms with van der Waals surface area (Å²) in [6.45, 7) is 0.215. The molecule has 6 atom stereocenters. The molecule has 1 heterocycles. The molecule has 1 saturated carbocycles. The van der Waals surface area contributed by atoms with E-state index in [2.05, 4.69) is 5.32 Å². The van der Waals surface area contributed by atoms with E-state index in [1.807, 2.05) is 18.2 Å². The van der Waals surface area contributed by atoms with E-state index in [-0.39, 0.29) is 35.6 Å². The first-order chi connectivity index (χ1) is 15.3. The van der Waals surface area contributed by atoms with Crippen LogP contribution in [-0.4, -0.2) is 62.5 Å². The van der Waals surface area contributed by atoms with Crippen molar-refractivity contribution in [3.05, 3.63) is 34.2 Å². The summed E-state index contributed by atoms with van der Waals surface area (Å²) in [7, 11) is 0. The van der Waals surface area contributed by atoms with Gasteiger partial charge in [0.25, 0.3) is 0 Å². The number of allylic oxidation sites excluding steroid dienone is 3. The topological polar surface area (TPSA) is 110 Å². The molecule has 0 spiro atoms. The van der Waals surface area contributed by atoms with Gasteiger partial charge in [-0.15, -0.1) is 11.6 Å². The number of hydrogen-bond acceptors (Lipinski definition) is 6. The second-order valence-electron chi connectivity index (χ2n) is 8.38. The Balaban J connectivity index is 1.76. The van der Waals surface area contributed by atoms with Crippen molar-refractivity contribution in [1.82, 2.24) is 5.32 Å². The average molecular weight is 509 g/mol. The van der Waals surface area contributed by atoms with Crippen molar-refractivity contribution >= 4 is 40.9 Å². The zero-order chi connectivity index (χ0) is 23.5. The lowest BCUT2D eigenvalue weighted by molar-refractivity contribution is -0.121. The summed E-state index contributed by atoms with van der Waals surface area (Å²) in [4.78, 5) is 11.5. The van der Waals surface area contributed by atoms with Gasteiger partial charge in [-0.1, -0.05) is 47.7 Å². The van der Waals surface area contributed by atoms with Crippen molar-refractivity contribution in [2.45, 2.75) is 74.4 Å². The fourth-order valence-electron chi connectivity index (χ4n) is 4.13. The summed E-state index contributed by atoms with van der Waals surface area (Å²) in [6, 6.07) is 0. The van der Waals surface area contributed by atoms with Gasteiger partial charge in [-0.25, -0.2) is 0 Å². The van der Waals surface area contributed by atoms with Crippen LogP contribution in [0.2, 0.25) is 0 Å². The number of carbonyl (C=O) groups excluding carboxylic acids is 1. The molecule has 9 heteroatoms. The van der Waals surface area contributed by atoms with Crippen LogP contribution in [0.3, 0.4) is 0 Å². The molecule has 0 bridgehead atoms. The fourth-order valence-corrected chi connectivity index (χ4v) is 6.07. The van der Waals surface area contributed by atoms with Crippen LogP contribution >= 0.6 is 35.0 Å². The maximum atomic E-state index is 11.5. The van der Waals surface area contributed by atoms with Gasteiger partial charge >= 0.3 is 0 Å². The second kappa shape index (κ2) is 14.7. The Kier molecular flexibility index (Phi) is 12.7. The molecule has 1 aliphatic heterocycles. The monoisotopic (exact) mass is 507 g/mol. The van der Waals surface area contributed by atoms with Gasteiger partial charge in [0.15, 0.2) is 0 Å². The minimum atomic E-state index is -0.649. The molecule has 2 aliphatic rings. The molecule has 32 heavy (non-hydrogen) atoms. The van der Waals surface area contributed by atoms with Crippen LogP contribution in [0.25, 0.3) is 0 Å². The largest absolute Gasteiger partial charge is 0.395 e. The summed E-state index contributed by atoms with van der Waals surface area (Å²) < 4.78 is 0.700. The fraction of sp³-hybridized carbons (Fsp3) is 0.696. The highest BCUT2D eigenvalue weighted by Gasteiger charge is 2.39. The molecule has 0 aromatic rings. The molecule has 1 amide bonds. The van der Waals surface area contributed by atoms with Gasteiger partial charge in [-0.3, -0.25) is 4.79 Å². The van der Waals surface area contributed by atoms with Crippen LogP contribution < -0.4 is 5.32 Å². The smallest absolute Gasteiger partial charge is 0.220 e. The lowest BCUT2D eigenvalue weighted by Crippen LogP contribution is -2.25. The zero-order valence-electron chi connectivity index (χ0n) is 18.2. The highest BCUT2D eigenvalue weighted by atomic mass is 35.5. The molecule has 0 aromatic heterocycles. The Morgan fingerprint density at radius 2 is 2.06 bits per heavy atom. The normalized spacial score (nSPS) is 29.5. The Bertz CT molecular complexity index is 687. The summed E-state index contributed by atoms with van der Waals surface area (Å²) in [5, 5.41) is 42.4. The van der Waals surface area contributed by atoms with Crippen molar-refractivity contribution in [3.63, 3.8) is 0 Å². The number of rotatable bonds is 13. The molecule has 1 fully saturated rings. The highest BCUT2D eigenvalue weighted by Crippen LogP contribution is 2.43. The Labute approximate surface area is 204 Å². The number of halogens is 2. The van der Waals surface area contributed by atoms with Gasteiger partial charge < -0.3 is 25.7 Å². The highest BCUT2D eigenvalue weighted by molar-refractivity contribution is 8.06. The Morgan fingerprint density at radius 1 is 1.28 bits per heavy atom. The standard InChI is InChI=1S/C23H35Cl2NO5S/c24-21-13-15(23(25)32-21)7-8-16(28)9-10-18-17(19(29)14-20(18)30)5-3-1-2-4-6-22(31)26-11-12-27/h1,3,9-10,16-21,27-30H,2,4-8,11-14H2,(H,26,31)/b3-1-,10-9+/t16-,17+,18+,19-,20+,21?/m0/s1. The van der Waals surface area contributed by atoms with E-state index >= 15 is 0 Å². The van der Waals surface area contributed by atoms with E-state index in [0.717, 1.165) is 22.8 Å². The van der Waals surface area contributed by atoms with Gasteiger partial charge in [-0.05, 0) is 50.0 Å².